The molecule has 0 heterocycles. The van der Waals surface area contributed by atoms with Gasteiger partial charge in [0.1, 0.15) is 0 Å². The van der Waals surface area contributed by atoms with Gasteiger partial charge in [-0.2, -0.15) is 0 Å². The van der Waals surface area contributed by atoms with Crippen molar-refractivity contribution in [3.05, 3.63) is 11.1 Å². The smallest absolute Gasteiger partial charge is 0.306 e. The van der Waals surface area contributed by atoms with E-state index in [2.05, 4.69) is 34.6 Å². The Kier molecular flexibility index (Phi) is 7.32. The first-order valence-corrected chi connectivity index (χ1v) is 14.1. The zero-order chi connectivity index (χ0) is 25.8. The molecule has 4 aliphatic rings. The molecule has 0 aromatic heterocycles. The molecule has 2 fully saturated rings. The largest absolute Gasteiger partial charge is 0.481 e. The number of fused-ring (bicyclic) bond motifs is 4. The molecule has 2 N–H and O–H groups in total. The fraction of sp³-hybridized carbons (Fsp3) is 0.900. The van der Waals surface area contributed by atoms with Gasteiger partial charge in [-0.25, -0.2) is 0 Å². The molecule has 0 radical (unpaired) electrons. The van der Waals surface area contributed by atoms with E-state index < -0.39 is 5.97 Å². The van der Waals surface area contributed by atoms with Gasteiger partial charge in [0.15, 0.2) is 6.29 Å². The number of rotatable bonds is 8. The first kappa shape index (κ1) is 27.1. The van der Waals surface area contributed by atoms with E-state index in [1.807, 2.05) is 0 Å². The molecular weight excluding hydrogens is 440 g/mol. The number of carboxylic acid groups (broad SMARTS) is 1. The van der Waals surface area contributed by atoms with Crippen molar-refractivity contribution in [3.63, 3.8) is 0 Å². The van der Waals surface area contributed by atoms with E-state index in [0.717, 1.165) is 64.2 Å². The van der Waals surface area contributed by atoms with Crippen LogP contribution in [0.1, 0.15) is 105 Å². The van der Waals surface area contributed by atoms with Crippen LogP contribution in [0.15, 0.2) is 11.1 Å². The SMILES string of the molecule is COC(CCC[C@@H](C(=O)O)[C@H]1CC[C@@]2(C)C3=C(CC[C@]12C)[C@@]1(C)CC[C@H](O)C(C)(C)[C@@H]1CC3)OC. The second kappa shape index (κ2) is 9.44. The summed E-state index contributed by atoms with van der Waals surface area (Å²) in [6.07, 6.45) is 10.3. The molecule has 0 amide bonds. The summed E-state index contributed by atoms with van der Waals surface area (Å²) in [5, 5.41) is 21.1. The maximum absolute atomic E-state index is 12.5. The lowest BCUT2D eigenvalue weighted by molar-refractivity contribution is -0.147. The third-order valence-corrected chi connectivity index (χ3v) is 12.1. The molecule has 0 spiro atoms. The average molecular weight is 491 g/mol. The maximum atomic E-state index is 12.5. The van der Waals surface area contributed by atoms with Gasteiger partial charge in [0.2, 0.25) is 0 Å². The molecule has 0 aliphatic heterocycles. The molecule has 7 atom stereocenters. The van der Waals surface area contributed by atoms with Crippen molar-refractivity contribution < 1.29 is 24.5 Å². The number of aliphatic carboxylic acids is 1. The number of allylic oxidation sites excluding steroid dienone is 2. The fourth-order valence-corrected chi connectivity index (χ4v) is 9.69. The third-order valence-electron chi connectivity index (χ3n) is 12.1. The first-order chi connectivity index (χ1) is 16.4. The van der Waals surface area contributed by atoms with Crippen LogP contribution in [-0.4, -0.2) is 42.8 Å². The highest BCUT2D eigenvalue weighted by Crippen LogP contribution is 2.72. The van der Waals surface area contributed by atoms with Gasteiger partial charge in [-0.1, -0.05) is 45.8 Å². The lowest BCUT2D eigenvalue weighted by Gasteiger charge is -2.62. The highest BCUT2D eigenvalue weighted by molar-refractivity contribution is 5.70. The molecular formula is C30H50O5. The third kappa shape index (κ3) is 4.03. The predicted octanol–water partition coefficient (Wildman–Crippen LogP) is 6.59. The quantitative estimate of drug-likeness (QED) is 0.297. The van der Waals surface area contributed by atoms with Crippen LogP contribution in [0, 0.1) is 39.4 Å². The van der Waals surface area contributed by atoms with Gasteiger partial charge in [0.05, 0.1) is 12.0 Å². The Bertz CT molecular complexity index is 844. The van der Waals surface area contributed by atoms with Crippen LogP contribution in [0.4, 0.5) is 0 Å². The van der Waals surface area contributed by atoms with Crippen LogP contribution in [0.5, 0.6) is 0 Å². The number of carbonyl (C=O) groups is 1. The summed E-state index contributed by atoms with van der Waals surface area (Å²) in [7, 11) is 3.28. The highest BCUT2D eigenvalue weighted by Gasteiger charge is 2.64. The van der Waals surface area contributed by atoms with Gasteiger partial charge in [-0.3, -0.25) is 4.79 Å². The van der Waals surface area contributed by atoms with Gasteiger partial charge >= 0.3 is 5.97 Å². The Labute approximate surface area is 213 Å². The summed E-state index contributed by atoms with van der Waals surface area (Å²) in [6, 6.07) is 0. The van der Waals surface area contributed by atoms with Gasteiger partial charge in [-0.05, 0) is 104 Å². The summed E-state index contributed by atoms with van der Waals surface area (Å²) in [4.78, 5) is 12.5. The van der Waals surface area contributed by atoms with Crippen LogP contribution in [0.3, 0.4) is 0 Å². The van der Waals surface area contributed by atoms with E-state index >= 15 is 0 Å². The molecule has 5 nitrogen and oxygen atoms in total. The Balaban J connectivity index is 1.62. The number of hydrogen-bond donors (Lipinski definition) is 2. The normalized spacial score (nSPS) is 41.3. The van der Waals surface area contributed by atoms with Crippen LogP contribution >= 0.6 is 0 Å². The predicted molar refractivity (Wildman–Crippen MR) is 138 cm³/mol. The summed E-state index contributed by atoms with van der Waals surface area (Å²) in [5.41, 5.74) is 3.56. The summed E-state index contributed by atoms with van der Waals surface area (Å²) < 4.78 is 10.7. The Morgan fingerprint density at radius 1 is 0.943 bits per heavy atom. The Morgan fingerprint density at radius 2 is 1.63 bits per heavy atom. The molecule has 0 aromatic rings. The van der Waals surface area contributed by atoms with E-state index in [4.69, 9.17) is 9.47 Å². The number of carboxylic acids is 1. The van der Waals surface area contributed by atoms with Crippen molar-refractivity contribution in [2.75, 3.05) is 14.2 Å². The molecule has 0 aromatic carbocycles. The van der Waals surface area contributed by atoms with Gasteiger partial charge in [0.25, 0.3) is 0 Å². The lowest BCUT2D eigenvalue weighted by atomic mass is 9.43. The first-order valence-electron chi connectivity index (χ1n) is 14.1. The monoisotopic (exact) mass is 490 g/mol. The van der Waals surface area contributed by atoms with Gasteiger partial charge < -0.3 is 19.7 Å². The summed E-state index contributed by atoms with van der Waals surface area (Å²) >= 11 is 0. The second-order valence-electron chi connectivity index (χ2n) is 13.5. The number of methoxy groups -OCH3 is 2. The summed E-state index contributed by atoms with van der Waals surface area (Å²) in [5.74, 6) is -0.221. The zero-order valence-electron chi connectivity index (χ0n) is 23.3. The van der Waals surface area contributed by atoms with Crippen molar-refractivity contribution in [1.29, 1.82) is 0 Å². The van der Waals surface area contributed by atoms with Gasteiger partial charge in [0, 0.05) is 14.2 Å². The minimum atomic E-state index is -0.634. The minimum absolute atomic E-state index is 0.0176. The van der Waals surface area contributed by atoms with Crippen molar-refractivity contribution >= 4 is 5.97 Å². The molecule has 4 rings (SSSR count). The van der Waals surface area contributed by atoms with Crippen molar-refractivity contribution in [3.8, 4) is 0 Å². The Hall–Kier alpha value is -0.910. The van der Waals surface area contributed by atoms with Crippen LogP contribution < -0.4 is 0 Å². The maximum Gasteiger partial charge on any atom is 0.306 e. The molecule has 4 aliphatic carbocycles. The Morgan fingerprint density at radius 3 is 2.26 bits per heavy atom. The van der Waals surface area contributed by atoms with E-state index in [-0.39, 0.29) is 45.9 Å². The molecule has 0 saturated heterocycles. The molecule has 0 bridgehead atoms. The van der Waals surface area contributed by atoms with E-state index in [1.165, 1.54) is 0 Å². The minimum Gasteiger partial charge on any atom is -0.481 e. The van der Waals surface area contributed by atoms with Crippen LogP contribution in [0.2, 0.25) is 0 Å². The second-order valence-corrected chi connectivity index (χ2v) is 13.5. The van der Waals surface area contributed by atoms with E-state index in [1.54, 1.807) is 25.4 Å². The molecule has 0 unspecified atom stereocenters. The van der Waals surface area contributed by atoms with E-state index in [0.29, 0.717) is 12.3 Å². The number of aliphatic hydroxyl groups is 1. The van der Waals surface area contributed by atoms with Crippen molar-refractivity contribution in [2.45, 2.75) is 118 Å². The van der Waals surface area contributed by atoms with Gasteiger partial charge in [-0.15, -0.1) is 0 Å². The molecule has 35 heavy (non-hydrogen) atoms. The van der Waals surface area contributed by atoms with Crippen LogP contribution in [-0.2, 0) is 14.3 Å². The zero-order valence-corrected chi connectivity index (χ0v) is 23.3. The van der Waals surface area contributed by atoms with Crippen LogP contribution in [0.25, 0.3) is 0 Å². The number of ether oxygens (including phenoxy) is 2. The molecule has 200 valence electrons. The topological polar surface area (TPSA) is 76.0 Å². The fourth-order valence-electron chi connectivity index (χ4n) is 9.69. The lowest BCUT2D eigenvalue weighted by Crippen LogP contribution is -2.55. The standard InChI is InChI=1S/C30H50O5/c1-27(2)23-12-11-22-21(28(23,3)16-15-24(27)31)14-18-29(4)20(13-17-30(22,29)5)19(26(32)33)9-8-10-25(34-6)35-7/h19-20,23-25,31H,8-18H2,1-7H3,(H,32,33)/t19-,20-,23+,24+,28-,29-,30+/m1/s1. The molecule has 5 heteroatoms. The van der Waals surface area contributed by atoms with E-state index in [9.17, 15) is 15.0 Å². The van der Waals surface area contributed by atoms with Crippen molar-refractivity contribution in [2.24, 2.45) is 39.4 Å². The summed E-state index contributed by atoms with van der Waals surface area (Å²) in [6.45, 7) is 11.9. The number of hydrogen-bond acceptors (Lipinski definition) is 4. The molecule has 2 saturated carbocycles. The average Bonchev–Trinajstić information content (AvgIpc) is 3.08. The highest BCUT2D eigenvalue weighted by atomic mass is 16.7. The number of aliphatic hydroxyl groups excluding tert-OH is 1. The van der Waals surface area contributed by atoms with Crippen molar-refractivity contribution in [1.82, 2.24) is 0 Å².